The molecule has 0 amide bonds. The van der Waals surface area contributed by atoms with E-state index in [-0.39, 0.29) is 0 Å². The van der Waals surface area contributed by atoms with Crippen molar-refractivity contribution < 1.29 is 0 Å². The second kappa shape index (κ2) is 5.09. The quantitative estimate of drug-likeness (QED) is 0.725. The SMILES string of the molecule is CCC1CCC(c2ccnc3ccccc23)CC1. The summed E-state index contributed by atoms with van der Waals surface area (Å²) >= 11 is 0. The van der Waals surface area contributed by atoms with E-state index in [9.17, 15) is 0 Å². The molecule has 1 heteroatoms. The second-order valence-corrected chi connectivity index (χ2v) is 5.54. The largest absolute Gasteiger partial charge is 0.256 e. The average molecular weight is 239 g/mol. The molecule has 0 saturated heterocycles. The van der Waals surface area contributed by atoms with Crippen LogP contribution in [0.2, 0.25) is 0 Å². The zero-order chi connectivity index (χ0) is 12.4. The molecule has 2 aromatic rings. The molecule has 0 unspecified atom stereocenters. The van der Waals surface area contributed by atoms with E-state index in [0.717, 1.165) is 17.4 Å². The van der Waals surface area contributed by atoms with Gasteiger partial charge in [-0.25, -0.2) is 0 Å². The van der Waals surface area contributed by atoms with Gasteiger partial charge in [0.25, 0.3) is 0 Å². The van der Waals surface area contributed by atoms with Gasteiger partial charge >= 0.3 is 0 Å². The third-order valence-electron chi connectivity index (χ3n) is 4.55. The fraction of sp³-hybridized carbons (Fsp3) is 0.471. The molecule has 3 rings (SSSR count). The van der Waals surface area contributed by atoms with Crippen LogP contribution in [0.15, 0.2) is 36.5 Å². The predicted molar refractivity (Wildman–Crippen MR) is 76.7 cm³/mol. The van der Waals surface area contributed by atoms with Crippen LogP contribution in [0.5, 0.6) is 0 Å². The van der Waals surface area contributed by atoms with Gasteiger partial charge in [-0.1, -0.05) is 31.5 Å². The summed E-state index contributed by atoms with van der Waals surface area (Å²) in [6.07, 6.45) is 8.84. The first kappa shape index (κ1) is 11.7. The molecule has 18 heavy (non-hydrogen) atoms. The average Bonchev–Trinajstić information content (AvgIpc) is 2.47. The predicted octanol–water partition coefficient (Wildman–Crippen LogP) is 4.92. The smallest absolute Gasteiger partial charge is 0.0704 e. The molecule has 1 heterocycles. The summed E-state index contributed by atoms with van der Waals surface area (Å²) in [4.78, 5) is 4.47. The monoisotopic (exact) mass is 239 g/mol. The highest BCUT2D eigenvalue weighted by atomic mass is 14.6. The van der Waals surface area contributed by atoms with Crippen molar-refractivity contribution in [2.75, 3.05) is 0 Å². The van der Waals surface area contributed by atoms with E-state index < -0.39 is 0 Å². The second-order valence-electron chi connectivity index (χ2n) is 5.54. The first-order valence-corrected chi connectivity index (χ1v) is 7.22. The Morgan fingerprint density at radius 3 is 2.61 bits per heavy atom. The van der Waals surface area contributed by atoms with Gasteiger partial charge in [-0.3, -0.25) is 4.98 Å². The summed E-state index contributed by atoms with van der Waals surface area (Å²) in [6.45, 7) is 2.33. The summed E-state index contributed by atoms with van der Waals surface area (Å²) in [5.74, 6) is 1.72. The highest BCUT2D eigenvalue weighted by Crippen LogP contribution is 2.38. The molecule has 1 aromatic carbocycles. The summed E-state index contributed by atoms with van der Waals surface area (Å²) in [5, 5.41) is 1.36. The molecule has 1 aliphatic carbocycles. The molecule has 0 bridgehead atoms. The Kier molecular flexibility index (Phi) is 3.31. The molecule has 1 nitrogen and oxygen atoms in total. The fourth-order valence-electron chi connectivity index (χ4n) is 3.36. The number of benzene rings is 1. The Morgan fingerprint density at radius 2 is 1.83 bits per heavy atom. The van der Waals surface area contributed by atoms with Crippen LogP contribution in [0.25, 0.3) is 10.9 Å². The van der Waals surface area contributed by atoms with E-state index in [1.165, 1.54) is 43.1 Å². The fourth-order valence-corrected chi connectivity index (χ4v) is 3.36. The van der Waals surface area contributed by atoms with Crippen LogP contribution >= 0.6 is 0 Å². The van der Waals surface area contributed by atoms with Gasteiger partial charge < -0.3 is 0 Å². The number of aromatic nitrogens is 1. The van der Waals surface area contributed by atoms with Gasteiger partial charge in [0.05, 0.1) is 5.52 Å². The highest BCUT2D eigenvalue weighted by Gasteiger charge is 2.22. The normalized spacial score (nSPS) is 24.3. The van der Waals surface area contributed by atoms with E-state index in [2.05, 4.69) is 42.2 Å². The van der Waals surface area contributed by atoms with Crippen molar-refractivity contribution in [2.45, 2.75) is 44.9 Å². The molecule has 0 atom stereocenters. The van der Waals surface area contributed by atoms with Gasteiger partial charge in [-0.2, -0.15) is 0 Å². The first-order valence-electron chi connectivity index (χ1n) is 7.22. The van der Waals surface area contributed by atoms with E-state index in [4.69, 9.17) is 0 Å². The molecule has 0 spiro atoms. The molecule has 1 saturated carbocycles. The van der Waals surface area contributed by atoms with Gasteiger partial charge in [-0.05, 0) is 55.2 Å². The maximum Gasteiger partial charge on any atom is 0.0704 e. The van der Waals surface area contributed by atoms with Gasteiger partial charge in [-0.15, -0.1) is 0 Å². The lowest BCUT2D eigenvalue weighted by Gasteiger charge is -2.28. The van der Waals surface area contributed by atoms with Gasteiger partial charge in [0.1, 0.15) is 0 Å². The van der Waals surface area contributed by atoms with Crippen molar-refractivity contribution in [3.63, 3.8) is 0 Å². The van der Waals surface area contributed by atoms with Crippen LogP contribution in [0, 0.1) is 5.92 Å². The van der Waals surface area contributed by atoms with Crippen LogP contribution < -0.4 is 0 Å². The first-order chi connectivity index (χ1) is 8.88. The minimum Gasteiger partial charge on any atom is -0.256 e. The maximum absolute atomic E-state index is 4.47. The lowest BCUT2D eigenvalue weighted by atomic mass is 9.77. The molecule has 0 N–H and O–H groups in total. The molecule has 0 radical (unpaired) electrons. The maximum atomic E-state index is 4.47. The Hall–Kier alpha value is -1.37. The minimum atomic E-state index is 0.751. The lowest BCUT2D eigenvalue weighted by molar-refractivity contribution is 0.319. The van der Waals surface area contributed by atoms with Gasteiger partial charge in [0, 0.05) is 11.6 Å². The van der Waals surface area contributed by atoms with Crippen LogP contribution in [0.1, 0.15) is 50.5 Å². The Morgan fingerprint density at radius 1 is 1.06 bits per heavy atom. The van der Waals surface area contributed by atoms with Gasteiger partial charge in [0.15, 0.2) is 0 Å². The van der Waals surface area contributed by atoms with Crippen LogP contribution in [-0.4, -0.2) is 4.98 Å². The molecule has 1 fully saturated rings. The number of hydrogen-bond acceptors (Lipinski definition) is 1. The van der Waals surface area contributed by atoms with Crippen molar-refractivity contribution in [1.29, 1.82) is 0 Å². The molecule has 1 aliphatic rings. The summed E-state index contributed by atoms with van der Waals surface area (Å²) in [5.41, 5.74) is 2.67. The Balaban J connectivity index is 1.91. The van der Waals surface area contributed by atoms with Crippen molar-refractivity contribution in [3.05, 3.63) is 42.1 Å². The lowest BCUT2D eigenvalue weighted by Crippen LogP contribution is -2.13. The molecule has 1 aromatic heterocycles. The minimum absolute atomic E-state index is 0.751. The highest BCUT2D eigenvalue weighted by molar-refractivity contribution is 5.82. The third-order valence-corrected chi connectivity index (χ3v) is 4.55. The van der Waals surface area contributed by atoms with Gasteiger partial charge in [0.2, 0.25) is 0 Å². The number of para-hydroxylation sites is 1. The topological polar surface area (TPSA) is 12.9 Å². The third kappa shape index (κ3) is 2.14. The van der Waals surface area contributed by atoms with E-state index in [0.29, 0.717) is 0 Å². The Labute approximate surface area is 109 Å². The van der Waals surface area contributed by atoms with Crippen LogP contribution in [0.4, 0.5) is 0 Å². The van der Waals surface area contributed by atoms with Crippen molar-refractivity contribution in [3.8, 4) is 0 Å². The number of pyridine rings is 1. The standard InChI is InChI=1S/C17H21N/c1-2-13-7-9-14(10-8-13)15-11-12-18-17-6-4-3-5-16(15)17/h3-6,11-14H,2,7-10H2,1H3. The van der Waals surface area contributed by atoms with Crippen molar-refractivity contribution >= 4 is 10.9 Å². The van der Waals surface area contributed by atoms with Crippen LogP contribution in [0.3, 0.4) is 0 Å². The summed E-state index contributed by atoms with van der Waals surface area (Å²) in [7, 11) is 0. The molecule has 94 valence electrons. The van der Waals surface area contributed by atoms with Crippen LogP contribution in [-0.2, 0) is 0 Å². The van der Waals surface area contributed by atoms with E-state index in [1.54, 1.807) is 0 Å². The van der Waals surface area contributed by atoms with E-state index in [1.807, 2.05) is 6.20 Å². The summed E-state index contributed by atoms with van der Waals surface area (Å²) in [6, 6.07) is 10.8. The number of rotatable bonds is 2. The van der Waals surface area contributed by atoms with Crippen molar-refractivity contribution in [1.82, 2.24) is 4.98 Å². The zero-order valence-electron chi connectivity index (χ0n) is 11.1. The Bertz CT molecular complexity index is 519. The summed E-state index contributed by atoms with van der Waals surface area (Å²) < 4.78 is 0. The molecular weight excluding hydrogens is 218 g/mol. The molecular formula is C17H21N. The number of hydrogen-bond donors (Lipinski definition) is 0. The van der Waals surface area contributed by atoms with E-state index >= 15 is 0 Å². The zero-order valence-corrected chi connectivity index (χ0v) is 11.1. The number of fused-ring (bicyclic) bond motifs is 1. The van der Waals surface area contributed by atoms with Crippen molar-refractivity contribution in [2.24, 2.45) is 5.92 Å². The number of nitrogens with zero attached hydrogens (tertiary/aromatic N) is 1. The molecule has 0 aliphatic heterocycles.